The molecule has 0 aromatic rings. The first-order chi connectivity index (χ1) is 8.74. The summed E-state index contributed by atoms with van der Waals surface area (Å²) in [5.74, 6) is 0.807. The monoisotopic (exact) mass is 254 g/mol. The van der Waals surface area contributed by atoms with Crippen LogP contribution in [0.5, 0.6) is 0 Å². The summed E-state index contributed by atoms with van der Waals surface area (Å²) in [5, 5.41) is 6.40. The number of carbonyl (C=O) groups is 1. The zero-order chi connectivity index (χ0) is 12.8. The highest BCUT2D eigenvalue weighted by molar-refractivity contribution is 5.77. The average molecular weight is 254 g/mol. The van der Waals surface area contributed by atoms with E-state index in [0.29, 0.717) is 6.04 Å². The minimum Gasteiger partial charge on any atom is -0.368 e. The Hall–Kier alpha value is -0.610. The number of hydrogen-bond acceptors (Lipinski definition) is 3. The van der Waals surface area contributed by atoms with Crippen molar-refractivity contribution in [3.63, 3.8) is 0 Å². The molecule has 4 nitrogen and oxygen atoms in total. The second-order valence-electron chi connectivity index (χ2n) is 5.80. The van der Waals surface area contributed by atoms with Gasteiger partial charge in [-0.05, 0) is 44.7 Å². The molecule has 1 saturated heterocycles. The Bertz CT molecular complexity index is 265. The maximum absolute atomic E-state index is 11.8. The van der Waals surface area contributed by atoms with Crippen molar-refractivity contribution in [3.05, 3.63) is 0 Å². The molecule has 2 aliphatic rings. The van der Waals surface area contributed by atoms with Crippen molar-refractivity contribution in [1.29, 1.82) is 0 Å². The van der Waals surface area contributed by atoms with Gasteiger partial charge in [0, 0.05) is 6.04 Å². The van der Waals surface area contributed by atoms with Crippen molar-refractivity contribution < 1.29 is 9.53 Å². The third-order valence-corrected chi connectivity index (χ3v) is 4.04. The Labute approximate surface area is 110 Å². The SMILES string of the molecule is CC1CCCC(NC(=O)COC2CCNCC2)C1. The summed E-state index contributed by atoms with van der Waals surface area (Å²) in [6, 6.07) is 0.373. The first kappa shape index (κ1) is 13.8. The predicted molar refractivity (Wildman–Crippen MR) is 71.4 cm³/mol. The van der Waals surface area contributed by atoms with Crippen LogP contribution < -0.4 is 10.6 Å². The van der Waals surface area contributed by atoms with Gasteiger partial charge in [0.15, 0.2) is 0 Å². The molecule has 104 valence electrons. The van der Waals surface area contributed by atoms with Gasteiger partial charge in [-0.1, -0.05) is 19.8 Å². The fraction of sp³-hybridized carbons (Fsp3) is 0.929. The van der Waals surface area contributed by atoms with Crippen LogP contribution in [0.15, 0.2) is 0 Å². The van der Waals surface area contributed by atoms with Crippen LogP contribution in [0.4, 0.5) is 0 Å². The molecule has 18 heavy (non-hydrogen) atoms. The van der Waals surface area contributed by atoms with E-state index < -0.39 is 0 Å². The Kier molecular flexibility index (Phi) is 5.45. The van der Waals surface area contributed by atoms with Gasteiger partial charge < -0.3 is 15.4 Å². The molecule has 0 radical (unpaired) electrons. The van der Waals surface area contributed by atoms with Gasteiger partial charge in [0.05, 0.1) is 6.10 Å². The van der Waals surface area contributed by atoms with Crippen LogP contribution in [0.25, 0.3) is 0 Å². The standard InChI is InChI=1S/C14H26N2O2/c1-11-3-2-4-12(9-11)16-14(17)10-18-13-5-7-15-8-6-13/h11-13,15H,2-10H2,1H3,(H,16,17). The fourth-order valence-corrected chi connectivity index (χ4v) is 2.99. The van der Waals surface area contributed by atoms with Crippen LogP contribution in [0, 0.1) is 5.92 Å². The highest BCUT2D eigenvalue weighted by Gasteiger charge is 2.21. The van der Waals surface area contributed by atoms with Crippen LogP contribution in [-0.4, -0.2) is 37.7 Å². The Morgan fingerprint density at radius 1 is 1.28 bits per heavy atom. The maximum atomic E-state index is 11.8. The minimum atomic E-state index is 0.0626. The second kappa shape index (κ2) is 7.10. The van der Waals surface area contributed by atoms with E-state index in [2.05, 4.69) is 17.6 Å². The van der Waals surface area contributed by atoms with Crippen molar-refractivity contribution in [2.24, 2.45) is 5.92 Å². The third-order valence-electron chi connectivity index (χ3n) is 4.04. The molecule has 2 N–H and O–H groups in total. The molecule has 1 heterocycles. The van der Waals surface area contributed by atoms with Crippen molar-refractivity contribution >= 4 is 5.91 Å². The summed E-state index contributed by atoms with van der Waals surface area (Å²) in [6.07, 6.45) is 7.10. The van der Waals surface area contributed by atoms with Gasteiger partial charge in [0.1, 0.15) is 6.61 Å². The smallest absolute Gasteiger partial charge is 0.246 e. The fourth-order valence-electron chi connectivity index (χ4n) is 2.99. The molecule has 2 atom stereocenters. The molecule has 0 bridgehead atoms. The third kappa shape index (κ3) is 4.58. The molecule has 2 unspecified atom stereocenters. The quantitative estimate of drug-likeness (QED) is 0.798. The normalized spacial score (nSPS) is 30.1. The predicted octanol–water partition coefficient (Wildman–Crippen LogP) is 1.45. The molecule has 1 aliphatic carbocycles. The van der Waals surface area contributed by atoms with E-state index >= 15 is 0 Å². The van der Waals surface area contributed by atoms with E-state index in [4.69, 9.17) is 4.74 Å². The molecule has 2 rings (SSSR count). The van der Waals surface area contributed by atoms with E-state index in [1.807, 2.05) is 0 Å². The van der Waals surface area contributed by atoms with Crippen molar-refractivity contribution in [2.75, 3.05) is 19.7 Å². The van der Waals surface area contributed by atoms with Gasteiger partial charge >= 0.3 is 0 Å². The highest BCUT2D eigenvalue weighted by Crippen LogP contribution is 2.23. The van der Waals surface area contributed by atoms with Crippen molar-refractivity contribution in [1.82, 2.24) is 10.6 Å². The zero-order valence-corrected chi connectivity index (χ0v) is 11.4. The highest BCUT2D eigenvalue weighted by atomic mass is 16.5. The summed E-state index contributed by atoms with van der Waals surface area (Å²) in [5.41, 5.74) is 0. The summed E-state index contributed by atoms with van der Waals surface area (Å²) in [7, 11) is 0. The van der Waals surface area contributed by atoms with Gasteiger partial charge in [-0.3, -0.25) is 4.79 Å². The van der Waals surface area contributed by atoms with E-state index in [9.17, 15) is 4.79 Å². The number of rotatable bonds is 4. The molecule has 0 aromatic carbocycles. The van der Waals surface area contributed by atoms with Gasteiger partial charge in [-0.2, -0.15) is 0 Å². The molecule has 0 spiro atoms. The summed E-state index contributed by atoms with van der Waals surface area (Å²) < 4.78 is 5.66. The largest absolute Gasteiger partial charge is 0.368 e. The van der Waals surface area contributed by atoms with Crippen LogP contribution in [-0.2, 0) is 9.53 Å². The van der Waals surface area contributed by atoms with Crippen LogP contribution in [0.3, 0.4) is 0 Å². The van der Waals surface area contributed by atoms with Gasteiger partial charge in [0.25, 0.3) is 0 Å². The number of nitrogens with one attached hydrogen (secondary N) is 2. The lowest BCUT2D eigenvalue weighted by Gasteiger charge is -2.28. The van der Waals surface area contributed by atoms with Gasteiger partial charge in [-0.15, -0.1) is 0 Å². The topological polar surface area (TPSA) is 50.4 Å². The van der Waals surface area contributed by atoms with Crippen molar-refractivity contribution in [3.8, 4) is 0 Å². The molecular formula is C14H26N2O2. The second-order valence-corrected chi connectivity index (χ2v) is 5.80. The molecule has 4 heteroatoms. The first-order valence-corrected chi connectivity index (χ1v) is 7.35. The van der Waals surface area contributed by atoms with E-state index in [0.717, 1.165) is 44.7 Å². The first-order valence-electron chi connectivity index (χ1n) is 7.35. The number of ether oxygens (including phenoxy) is 1. The summed E-state index contributed by atoms with van der Waals surface area (Å²) in [6.45, 7) is 4.51. The molecule has 1 aliphatic heterocycles. The van der Waals surface area contributed by atoms with Crippen molar-refractivity contribution in [2.45, 2.75) is 57.6 Å². The summed E-state index contributed by atoms with van der Waals surface area (Å²) >= 11 is 0. The van der Waals surface area contributed by atoms with E-state index in [-0.39, 0.29) is 18.6 Å². The molecule has 1 saturated carbocycles. The number of piperidine rings is 1. The van der Waals surface area contributed by atoms with Crippen LogP contribution in [0.2, 0.25) is 0 Å². The lowest BCUT2D eigenvalue weighted by Crippen LogP contribution is -2.41. The maximum Gasteiger partial charge on any atom is 0.246 e. The lowest BCUT2D eigenvalue weighted by molar-refractivity contribution is -0.129. The molecule has 2 fully saturated rings. The lowest BCUT2D eigenvalue weighted by atomic mass is 9.87. The molecule has 1 amide bonds. The number of amides is 1. The number of hydrogen-bond donors (Lipinski definition) is 2. The Morgan fingerprint density at radius 2 is 2.06 bits per heavy atom. The number of carbonyl (C=O) groups excluding carboxylic acids is 1. The molecule has 0 aromatic heterocycles. The average Bonchev–Trinajstić information content (AvgIpc) is 2.38. The Balaban J connectivity index is 1.62. The molecular weight excluding hydrogens is 228 g/mol. The zero-order valence-electron chi connectivity index (χ0n) is 11.4. The summed E-state index contributed by atoms with van der Waals surface area (Å²) in [4.78, 5) is 11.8. The van der Waals surface area contributed by atoms with Crippen LogP contribution >= 0.6 is 0 Å². The van der Waals surface area contributed by atoms with Crippen LogP contribution in [0.1, 0.15) is 45.4 Å². The minimum absolute atomic E-state index is 0.0626. The Morgan fingerprint density at radius 3 is 2.78 bits per heavy atom. The van der Waals surface area contributed by atoms with Gasteiger partial charge in [0.2, 0.25) is 5.91 Å². The van der Waals surface area contributed by atoms with Gasteiger partial charge in [-0.25, -0.2) is 0 Å². The van der Waals surface area contributed by atoms with E-state index in [1.54, 1.807) is 0 Å². The van der Waals surface area contributed by atoms with E-state index in [1.165, 1.54) is 12.8 Å².